The van der Waals surface area contributed by atoms with Gasteiger partial charge in [-0.2, -0.15) is 0 Å². The Kier molecular flexibility index (Phi) is 7.74. The number of rotatable bonds is 8. The first-order valence-electron chi connectivity index (χ1n) is 10.3. The predicted molar refractivity (Wildman–Crippen MR) is 116 cm³/mol. The van der Waals surface area contributed by atoms with E-state index in [-0.39, 0.29) is 19.6 Å². The molecule has 0 aromatic heterocycles. The van der Waals surface area contributed by atoms with Gasteiger partial charge in [0.1, 0.15) is 0 Å². The highest BCUT2D eigenvalue weighted by Crippen LogP contribution is 2.18. The summed E-state index contributed by atoms with van der Waals surface area (Å²) in [5.74, 6) is -3.45. The van der Waals surface area contributed by atoms with Crippen LogP contribution in [0.4, 0.5) is 5.69 Å². The van der Waals surface area contributed by atoms with E-state index in [1.165, 1.54) is 24.3 Å². The predicted octanol–water partition coefficient (Wildman–Crippen LogP) is 1.54. The van der Waals surface area contributed by atoms with Crippen LogP contribution in [0, 0.1) is 5.92 Å². The van der Waals surface area contributed by atoms with Gasteiger partial charge in [-0.1, -0.05) is 18.2 Å². The van der Waals surface area contributed by atoms with Crippen molar-refractivity contribution in [2.24, 2.45) is 5.92 Å². The number of hydrazine groups is 1. The molecule has 2 N–H and O–H groups in total. The molecular weight excluding hydrogens is 430 g/mol. The van der Waals surface area contributed by atoms with Crippen molar-refractivity contribution < 1.29 is 33.4 Å². The summed E-state index contributed by atoms with van der Waals surface area (Å²) in [4.78, 5) is 60.3. The molecule has 2 aromatic rings. The molecule has 3 amide bonds. The number of amides is 3. The van der Waals surface area contributed by atoms with E-state index in [0.717, 1.165) is 5.01 Å². The van der Waals surface area contributed by atoms with E-state index in [9.17, 15) is 24.0 Å². The van der Waals surface area contributed by atoms with Crippen LogP contribution in [0.1, 0.15) is 34.1 Å². The number of esters is 2. The van der Waals surface area contributed by atoms with Gasteiger partial charge in [0.15, 0.2) is 6.61 Å². The molecule has 10 heteroatoms. The summed E-state index contributed by atoms with van der Waals surface area (Å²) in [5.41, 5.74) is 3.61. The number of carbonyl (C=O) groups is 5. The molecule has 1 atom stereocenters. The van der Waals surface area contributed by atoms with E-state index in [1.807, 2.05) is 0 Å². The quantitative estimate of drug-likeness (QED) is 0.580. The van der Waals surface area contributed by atoms with Gasteiger partial charge in [-0.3, -0.25) is 29.6 Å². The van der Waals surface area contributed by atoms with Gasteiger partial charge in [-0.15, -0.1) is 0 Å². The van der Waals surface area contributed by atoms with Crippen LogP contribution in [-0.2, 0) is 23.9 Å². The number of hydrogen-bond acceptors (Lipinski definition) is 7. The van der Waals surface area contributed by atoms with E-state index < -0.39 is 42.2 Å². The van der Waals surface area contributed by atoms with Crippen LogP contribution in [0.2, 0.25) is 0 Å². The zero-order valence-electron chi connectivity index (χ0n) is 17.9. The zero-order valence-corrected chi connectivity index (χ0v) is 17.9. The lowest BCUT2D eigenvalue weighted by Gasteiger charge is -2.17. The fourth-order valence-corrected chi connectivity index (χ4v) is 3.11. The average molecular weight is 453 g/mol. The molecule has 1 heterocycles. The lowest BCUT2D eigenvalue weighted by molar-refractivity contribution is -0.151. The third-order valence-corrected chi connectivity index (χ3v) is 4.76. The molecule has 33 heavy (non-hydrogen) atoms. The third kappa shape index (κ3) is 6.39. The summed E-state index contributed by atoms with van der Waals surface area (Å²) in [7, 11) is 0. The zero-order chi connectivity index (χ0) is 23.8. The van der Waals surface area contributed by atoms with Crippen molar-refractivity contribution >= 4 is 35.3 Å². The Morgan fingerprint density at radius 2 is 1.67 bits per heavy atom. The molecule has 172 valence electrons. The first-order valence-corrected chi connectivity index (χ1v) is 10.3. The van der Waals surface area contributed by atoms with Crippen LogP contribution in [-0.4, -0.2) is 54.4 Å². The maximum atomic E-state index is 12.3. The van der Waals surface area contributed by atoms with Gasteiger partial charge in [0.2, 0.25) is 5.91 Å². The van der Waals surface area contributed by atoms with Crippen LogP contribution >= 0.6 is 0 Å². The average Bonchev–Trinajstić information content (AvgIpc) is 3.18. The van der Waals surface area contributed by atoms with Crippen LogP contribution in [0.25, 0.3) is 0 Å². The van der Waals surface area contributed by atoms with Crippen molar-refractivity contribution in [1.82, 2.24) is 10.4 Å². The lowest BCUT2D eigenvalue weighted by atomic mass is 10.1. The smallest absolute Gasteiger partial charge is 0.338 e. The Bertz CT molecular complexity index is 1040. The van der Waals surface area contributed by atoms with Crippen LogP contribution < -0.4 is 10.7 Å². The minimum atomic E-state index is -0.801. The summed E-state index contributed by atoms with van der Waals surface area (Å²) >= 11 is 0. The Morgan fingerprint density at radius 3 is 2.33 bits per heavy atom. The third-order valence-electron chi connectivity index (χ3n) is 4.76. The Labute approximate surface area is 189 Å². The summed E-state index contributed by atoms with van der Waals surface area (Å²) in [5, 5.41) is 3.62. The number of ether oxygens (including phenoxy) is 2. The molecule has 1 saturated heterocycles. The van der Waals surface area contributed by atoms with E-state index >= 15 is 0 Å². The maximum Gasteiger partial charge on any atom is 0.338 e. The highest BCUT2D eigenvalue weighted by atomic mass is 16.5. The molecule has 0 aliphatic carbocycles. The molecule has 3 rings (SSSR count). The van der Waals surface area contributed by atoms with Crippen molar-refractivity contribution in [3.63, 3.8) is 0 Å². The normalized spacial score (nSPS) is 15.0. The molecule has 1 fully saturated rings. The summed E-state index contributed by atoms with van der Waals surface area (Å²) in [6.07, 6.45) is -0.134. The molecule has 2 aromatic carbocycles. The second-order valence-electron chi connectivity index (χ2n) is 7.17. The molecule has 0 radical (unpaired) electrons. The summed E-state index contributed by atoms with van der Waals surface area (Å²) in [6, 6.07) is 14.4. The van der Waals surface area contributed by atoms with Crippen LogP contribution in [0.15, 0.2) is 54.6 Å². The largest absolute Gasteiger partial charge is 0.462 e. The van der Waals surface area contributed by atoms with Gasteiger partial charge < -0.3 is 14.8 Å². The van der Waals surface area contributed by atoms with Gasteiger partial charge >= 0.3 is 11.9 Å². The second-order valence-corrected chi connectivity index (χ2v) is 7.17. The summed E-state index contributed by atoms with van der Waals surface area (Å²) < 4.78 is 9.91. The number of anilines is 1. The van der Waals surface area contributed by atoms with Gasteiger partial charge in [-0.05, 0) is 43.3 Å². The maximum absolute atomic E-state index is 12.3. The number of nitrogens with zero attached hydrogens (tertiary/aromatic N) is 1. The minimum absolute atomic E-state index is 0.0484. The molecule has 0 unspecified atom stereocenters. The molecular formula is C23H23N3O7. The minimum Gasteiger partial charge on any atom is -0.462 e. The first-order chi connectivity index (χ1) is 15.9. The second kappa shape index (κ2) is 10.9. The fraction of sp³-hybridized carbons (Fsp3) is 0.261. The number of carbonyl (C=O) groups excluding carboxylic acids is 5. The van der Waals surface area contributed by atoms with E-state index in [0.29, 0.717) is 16.8 Å². The fourth-order valence-electron chi connectivity index (χ4n) is 3.11. The van der Waals surface area contributed by atoms with E-state index in [2.05, 4.69) is 10.7 Å². The number of nitrogens with one attached hydrogen (secondary N) is 2. The topological polar surface area (TPSA) is 131 Å². The highest BCUT2D eigenvalue weighted by molar-refractivity contribution is 5.97. The number of benzene rings is 2. The molecule has 0 spiro atoms. The number of hydrogen-bond donors (Lipinski definition) is 2. The van der Waals surface area contributed by atoms with Gasteiger partial charge in [0.25, 0.3) is 11.8 Å². The van der Waals surface area contributed by atoms with Crippen LogP contribution in [0.5, 0.6) is 0 Å². The molecule has 1 aliphatic rings. The molecule has 10 nitrogen and oxygen atoms in total. The van der Waals surface area contributed by atoms with Crippen LogP contribution in [0.3, 0.4) is 0 Å². The first kappa shape index (κ1) is 23.5. The molecule has 0 saturated carbocycles. The molecule has 0 bridgehead atoms. The van der Waals surface area contributed by atoms with Gasteiger partial charge in [0, 0.05) is 17.7 Å². The van der Waals surface area contributed by atoms with Gasteiger partial charge in [-0.25, -0.2) is 4.79 Å². The van der Waals surface area contributed by atoms with E-state index in [4.69, 9.17) is 9.47 Å². The van der Waals surface area contributed by atoms with Crippen molar-refractivity contribution in [3.8, 4) is 0 Å². The van der Waals surface area contributed by atoms with Crippen molar-refractivity contribution in [2.75, 3.05) is 25.1 Å². The monoisotopic (exact) mass is 453 g/mol. The highest BCUT2D eigenvalue weighted by Gasteiger charge is 2.36. The Hall–Kier alpha value is -4.21. The lowest BCUT2D eigenvalue weighted by Crippen LogP contribution is -2.43. The standard InChI is InChI=1S/C23H23N3O7/c1-2-32-22(30)16-8-10-18(11-9-16)24-19(27)14-33-23(31)17-12-20(28)26(13-17)25-21(29)15-6-4-3-5-7-15/h3-11,17H,2,12-14H2,1H3,(H,24,27)(H,25,29)/t17-/m1/s1. The van der Waals surface area contributed by atoms with Gasteiger partial charge in [0.05, 0.1) is 24.6 Å². The Morgan fingerprint density at radius 1 is 0.970 bits per heavy atom. The van der Waals surface area contributed by atoms with Crippen molar-refractivity contribution in [1.29, 1.82) is 0 Å². The van der Waals surface area contributed by atoms with Crippen molar-refractivity contribution in [3.05, 3.63) is 65.7 Å². The van der Waals surface area contributed by atoms with E-state index in [1.54, 1.807) is 37.3 Å². The summed E-state index contributed by atoms with van der Waals surface area (Å²) in [6.45, 7) is 1.37. The van der Waals surface area contributed by atoms with Crippen molar-refractivity contribution in [2.45, 2.75) is 13.3 Å². The molecule has 1 aliphatic heterocycles. The SMILES string of the molecule is CCOC(=O)c1ccc(NC(=O)COC(=O)[C@@H]2CC(=O)N(NC(=O)c3ccccc3)C2)cc1. The Balaban J connectivity index is 1.44.